The van der Waals surface area contributed by atoms with Crippen LogP contribution in [-0.4, -0.2) is 34.8 Å². The standard InChI is InChI=1S/C17H26BrNO2/c1-5-15(6-2)19(11-10-18)17(20)14-8-7-9-16(12-14)21-13(3)4/h7-9,12-13,15H,5-6,10-11H2,1-4H3. The van der Waals surface area contributed by atoms with E-state index >= 15 is 0 Å². The molecular formula is C17H26BrNO2. The van der Waals surface area contributed by atoms with Gasteiger partial charge >= 0.3 is 0 Å². The first-order valence-corrected chi connectivity index (χ1v) is 8.79. The summed E-state index contributed by atoms with van der Waals surface area (Å²) in [5, 5.41) is 0.789. The van der Waals surface area contributed by atoms with E-state index in [9.17, 15) is 4.79 Å². The summed E-state index contributed by atoms with van der Waals surface area (Å²) in [5.74, 6) is 0.830. The van der Waals surface area contributed by atoms with Gasteiger partial charge in [0.25, 0.3) is 5.91 Å². The summed E-state index contributed by atoms with van der Waals surface area (Å²) in [7, 11) is 0. The zero-order chi connectivity index (χ0) is 15.8. The summed E-state index contributed by atoms with van der Waals surface area (Å²) in [6.07, 6.45) is 2.04. The Morgan fingerprint density at radius 1 is 1.29 bits per heavy atom. The highest BCUT2D eigenvalue weighted by atomic mass is 79.9. The average Bonchev–Trinajstić information content (AvgIpc) is 2.46. The fraction of sp³-hybridized carbons (Fsp3) is 0.588. The van der Waals surface area contributed by atoms with Gasteiger partial charge in [-0.1, -0.05) is 35.8 Å². The third kappa shape index (κ3) is 5.34. The highest BCUT2D eigenvalue weighted by molar-refractivity contribution is 9.09. The molecule has 0 spiro atoms. The Bertz CT molecular complexity index is 444. The molecule has 0 N–H and O–H groups in total. The van der Waals surface area contributed by atoms with Crippen molar-refractivity contribution in [2.45, 2.75) is 52.7 Å². The summed E-state index contributed by atoms with van der Waals surface area (Å²) >= 11 is 3.45. The van der Waals surface area contributed by atoms with E-state index in [1.807, 2.05) is 43.0 Å². The van der Waals surface area contributed by atoms with E-state index in [1.54, 1.807) is 0 Å². The Morgan fingerprint density at radius 2 is 1.95 bits per heavy atom. The van der Waals surface area contributed by atoms with Crippen molar-refractivity contribution in [1.82, 2.24) is 4.90 Å². The van der Waals surface area contributed by atoms with Gasteiger partial charge in [0.05, 0.1) is 6.10 Å². The number of rotatable bonds is 8. The molecule has 21 heavy (non-hydrogen) atoms. The smallest absolute Gasteiger partial charge is 0.254 e. The van der Waals surface area contributed by atoms with Gasteiger partial charge < -0.3 is 9.64 Å². The lowest BCUT2D eigenvalue weighted by molar-refractivity contribution is 0.0682. The van der Waals surface area contributed by atoms with E-state index in [1.165, 1.54) is 0 Å². The zero-order valence-electron chi connectivity index (χ0n) is 13.4. The number of nitrogens with zero attached hydrogens (tertiary/aromatic N) is 1. The Hall–Kier alpha value is -1.03. The second-order valence-corrected chi connectivity index (χ2v) is 6.15. The third-order valence-corrected chi connectivity index (χ3v) is 3.78. The van der Waals surface area contributed by atoms with E-state index in [4.69, 9.17) is 4.74 Å². The number of ether oxygens (including phenoxy) is 1. The van der Waals surface area contributed by atoms with Crippen LogP contribution in [0.4, 0.5) is 0 Å². The lowest BCUT2D eigenvalue weighted by atomic mass is 10.1. The molecule has 0 aliphatic heterocycles. The molecule has 0 aliphatic carbocycles. The maximum atomic E-state index is 12.8. The number of hydrogen-bond acceptors (Lipinski definition) is 2. The first-order valence-electron chi connectivity index (χ1n) is 7.67. The van der Waals surface area contributed by atoms with Gasteiger partial charge in [-0.25, -0.2) is 0 Å². The molecule has 0 aliphatic rings. The normalized spacial score (nSPS) is 11.0. The molecule has 0 radical (unpaired) electrons. The van der Waals surface area contributed by atoms with E-state index in [0.717, 1.165) is 30.5 Å². The Balaban J connectivity index is 2.97. The topological polar surface area (TPSA) is 29.5 Å². The average molecular weight is 356 g/mol. The van der Waals surface area contributed by atoms with E-state index in [-0.39, 0.29) is 18.1 Å². The Labute approximate surface area is 136 Å². The first kappa shape index (κ1) is 18.0. The van der Waals surface area contributed by atoms with Crippen LogP contribution in [0.15, 0.2) is 24.3 Å². The molecule has 118 valence electrons. The Morgan fingerprint density at radius 3 is 2.48 bits per heavy atom. The molecule has 0 heterocycles. The van der Waals surface area contributed by atoms with Gasteiger partial charge in [-0.2, -0.15) is 0 Å². The maximum Gasteiger partial charge on any atom is 0.254 e. The summed E-state index contributed by atoms with van der Waals surface area (Å²) in [6, 6.07) is 7.75. The minimum absolute atomic E-state index is 0.0809. The van der Waals surface area contributed by atoms with Crippen LogP contribution < -0.4 is 4.74 Å². The summed E-state index contributed by atoms with van der Waals surface area (Å²) in [4.78, 5) is 14.7. The van der Waals surface area contributed by atoms with Crippen LogP contribution in [0.3, 0.4) is 0 Å². The fourth-order valence-electron chi connectivity index (χ4n) is 2.41. The summed E-state index contributed by atoms with van der Waals surface area (Å²) in [5.41, 5.74) is 0.695. The van der Waals surface area contributed by atoms with Crippen LogP contribution in [0.1, 0.15) is 50.9 Å². The molecule has 0 saturated heterocycles. The van der Waals surface area contributed by atoms with Gasteiger partial charge in [-0.3, -0.25) is 4.79 Å². The van der Waals surface area contributed by atoms with Crippen molar-refractivity contribution >= 4 is 21.8 Å². The number of alkyl halides is 1. The van der Waals surface area contributed by atoms with Gasteiger partial charge in [-0.05, 0) is 44.9 Å². The minimum atomic E-state index is 0.0809. The lowest BCUT2D eigenvalue weighted by Gasteiger charge is -2.30. The fourth-order valence-corrected chi connectivity index (χ4v) is 2.79. The van der Waals surface area contributed by atoms with Gasteiger partial charge in [-0.15, -0.1) is 0 Å². The number of carbonyl (C=O) groups is 1. The van der Waals surface area contributed by atoms with Gasteiger partial charge in [0.2, 0.25) is 0 Å². The maximum absolute atomic E-state index is 12.8. The minimum Gasteiger partial charge on any atom is -0.491 e. The van der Waals surface area contributed by atoms with E-state index in [0.29, 0.717) is 5.56 Å². The first-order chi connectivity index (χ1) is 10.0. The van der Waals surface area contributed by atoms with Crippen LogP contribution in [-0.2, 0) is 0 Å². The predicted octanol–water partition coefficient (Wildman–Crippen LogP) is 4.50. The largest absolute Gasteiger partial charge is 0.491 e. The summed E-state index contributed by atoms with van der Waals surface area (Å²) < 4.78 is 5.68. The van der Waals surface area contributed by atoms with Gasteiger partial charge in [0, 0.05) is 23.5 Å². The van der Waals surface area contributed by atoms with Crippen molar-refractivity contribution in [3.8, 4) is 5.75 Å². The molecule has 0 unspecified atom stereocenters. The molecule has 1 rings (SSSR count). The molecule has 0 bridgehead atoms. The Kier molecular flexibility index (Phi) is 7.79. The van der Waals surface area contributed by atoms with E-state index in [2.05, 4.69) is 29.8 Å². The molecule has 1 aromatic carbocycles. The van der Waals surface area contributed by atoms with Gasteiger partial charge in [0.1, 0.15) is 5.75 Å². The molecule has 3 nitrogen and oxygen atoms in total. The third-order valence-electron chi connectivity index (χ3n) is 3.42. The second-order valence-electron chi connectivity index (χ2n) is 5.35. The molecule has 0 atom stereocenters. The number of amides is 1. The van der Waals surface area contributed by atoms with Crippen molar-refractivity contribution in [1.29, 1.82) is 0 Å². The zero-order valence-corrected chi connectivity index (χ0v) is 15.0. The number of hydrogen-bond donors (Lipinski definition) is 0. The molecule has 1 aromatic rings. The number of carbonyl (C=O) groups excluding carboxylic acids is 1. The van der Waals surface area contributed by atoms with Crippen LogP contribution >= 0.6 is 15.9 Å². The second kappa shape index (κ2) is 9.08. The molecule has 0 saturated carbocycles. The summed E-state index contributed by atoms with van der Waals surface area (Å²) in [6.45, 7) is 8.94. The SMILES string of the molecule is CCC(CC)N(CCBr)C(=O)c1cccc(OC(C)C)c1. The molecule has 1 amide bonds. The van der Waals surface area contributed by atoms with Crippen molar-refractivity contribution in [2.24, 2.45) is 0 Å². The van der Waals surface area contributed by atoms with Crippen molar-refractivity contribution < 1.29 is 9.53 Å². The molecule has 0 aromatic heterocycles. The lowest BCUT2D eigenvalue weighted by Crippen LogP contribution is -2.41. The van der Waals surface area contributed by atoms with Crippen LogP contribution in [0.2, 0.25) is 0 Å². The molecule has 0 fully saturated rings. The van der Waals surface area contributed by atoms with Crippen LogP contribution in [0.25, 0.3) is 0 Å². The van der Waals surface area contributed by atoms with Crippen molar-refractivity contribution in [3.05, 3.63) is 29.8 Å². The highest BCUT2D eigenvalue weighted by Gasteiger charge is 2.22. The highest BCUT2D eigenvalue weighted by Crippen LogP contribution is 2.19. The van der Waals surface area contributed by atoms with Crippen LogP contribution in [0, 0.1) is 0 Å². The predicted molar refractivity (Wildman–Crippen MR) is 91.4 cm³/mol. The number of benzene rings is 1. The van der Waals surface area contributed by atoms with Crippen LogP contribution in [0.5, 0.6) is 5.75 Å². The number of halogens is 1. The quantitative estimate of drug-likeness (QED) is 0.642. The van der Waals surface area contributed by atoms with Gasteiger partial charge in [0.15, 0.2) is 0 Å². The molecular weight excluding hydrogens is 330 g/mol. The van der Waals surface area contributed by atoms with E-state index < -0.39 is 0 Å². The molecule has 4 heteroatoms. The van der Waals surface area contributed by atoms with Crippen molar-refractivity contribution in [2.75, 3.05) is 11.9 Å². The monoisotopic (exact) mass is 355 g/mol. The van der Waals surface area contributed by atoms with Crippen molar-refractivity contribution in [3.63, 3.8) is 0 Å².